The predicted molar refractivity (Wildman–Crippen MR) is 104 cm³/mol. The molecule has 1 amide bonds. The number of amides is 1. The Morgan fingerprint density at radius 1 is 0.960 bits per heavy atom. The maximum Gasteiger partial charge on any atom is 0.412 e. The lowest BCUT2D eigenvalue weighted by molar-refractivity contribution is 0.0636. The summed E-state index contributed by atoms with van der Waals surface area (Å²) in [6, 6.07) is 12.1. The van der Waals surface area contributed by atoms with Crippen LogP contribution in [0.1, 0.15) is 43.0 Å². The van der Waals surface area contributed by atoms with Crippen molar-refractivity contribution in [2.75, 3.05) is 10.6 Å². The van der Waals surface area contributed by atoms with Gasteiger partial charge < -0.3 is 10.1 Å². The van der Waals surface area contributed by atoms with Crippen molar-refractivity contribution < 1.29 is 9.53 Å². The maximum atomic E-state index is 11.9. The lowest BCUT2D eigenvalue weighted by Gasteiger charge is -2.20. The molecule has 0 saturated carbocycles. The topological polar surface area (TPSA) is 50.4 Å². The van der Waals surface area contributed by atoms with Gasteiger partial charge >= 0.3 is 6.09 Å². The van der Waals surface area contributed by atoms with Crippen LogP contribution in [0.25, 0.3) is 0 Å². The number of anilines is 2. The fourth-order valence-electron chi connectivity index (χ4n) is 2.54. The first-order valence-corrected chi connectivity index (χ1v) is 8.55. The van der Waals surface area contributed by atoms with Crippen LogP contribution in [0.5, 0.6) is 0 Å². The number of nitrogens with one attached hydrogen (secondary N) is 2. The Hall–Kier alpha value is -2.49. The fourth-order valence-corrected chi connectivity index (χ4v) is 2.54. The van der Waals surface area contributed by atoms with Gasteiger partial charge in [0, 0.05) is 17.9 Å². The van der Waals surface area contributed by atoms with Crippen molar-refractivity contribution >= 4 is 17.5 Å². The number of rotatable bonds is 4. The molecule has 4 heteroatoms. The number of ether oxygens (including phenoxy) is 1. The molecule has 0 radical (unpaired) electrons. The molecule has 0 aromatic heterocycles. The van der Waals surface area contributed by atoms with Gasteiger partial charge in [-0.3, -0.25) is 5.32 Å². The van der Waals surface area contributed by atoms with Gasteiger partial charge in [-0.05, 0) is 82.0 Å². The third kappa shape index (κ3) is 5.82. The number of carbonyl (C=O) groups is 1. The molecule has 2 rings (SSSR count). The van der Waals surface area contributed by atoms with Gasteiger partial charge in [0.1, 0.15) is 5.60 Å². The Balaban J connectivity index is 2.02. The first-order chi connectivity index (χ1) is 11.6. The molecule has 134 valence electrons. The molecule has 2 N–H and O–H groups in total. The van der Waals surface area contributed by atoms with Crippen molar-refractivity contribution in [3.05, 3.63) is 58.7 Å². The fraction of sp³-hybridized carbons (Fsp3) is 0.381. The Labute approximate surface area is 150 Å². The van der Waals surface area contributed by atoms with E-state index in [4.69, 9.17) is 4.74 Å². The lowest BCUT2D eigenvalue weighted by Crippen LogP contribution is -2.27. The highest BCUT2D eigenvalue weighted by Gasteiger charge is 2.16. The van der Waals surface area contributed by atoms with E-state index in [0.29, 0.717) is 5.69 Å². The normalized spacial score (nSPS) is 11.1. The van der Waals surface area contributed by atoms with E-state index in [1.165, 1.54) is 22.3 Å². The van der Waals surface area contributed by atoms with Gasteiger partial charge in [0.2, 0.25) is 0 Å². The van der Waals surface area contributed by atoms with Crippen LogP contribution in [-0.4, -0.2) is 11.7 Å². The minimum Gasteiger partial charge on any atom is -0.444 e. The molecule has 0 aliphatic heterocycles. The van der Waals surface area contributed by atoms with E-state index < -0.39 is 11.7 Å². The Kier molecular flexibility index (Phi) is 5.73. The van der Waals surface area contributed by atoms with Gasteiger partial charge in [-0.25, -0.2) is 4.79 Å². The van der Waals surface area contributed by atoms with Crippen LogP contribution < -0.4 is 10.6 Å². The number of hydrogen-bond acceptors (Lipinski definition) is 3. The van der Waals surface area contributed by atoms with E-state index >= 15 is 0 Å². The molecule has 2 aromatic carbocycles. The summed E-state index contributed by atoms with van der Waals surface area (Å²) in [5, 5.41) is 6.18. The maximum absolute atomic E-state index is 11.9. The monoisotopic (exact) mass is 340 g/mol. The van der Waals surface area contributed by atoms with E-state index in [2.05, 4.69) is 43.5 Å². The molecule has 0 bridgehead atoms. The highest BCUT2D eigenvalue weighted by Crippen LogP contribution is 2.20. The van der Waals surface area contributed by atoms with Gasteiger partial charge in [0.05, 0.1) is 0 Å². The Bertz CT molecular complexity index is 761. The average Bonchev–Trinajstić information content (AvgIpc) is 2.48. The van der Waals surface area contributed by atoms with E-state index in [9.17, 15) is 4.79 Å². The third-order valence-corrected chi connectivity index (χ3v) is 3.94. The zero-order chi connectivity index (χ0) is 18.6. The van der Waals surface area contributed by atoms with Gasteiger partial charge in [-0.2, -0.15) is 0 Å². The van der Waals surface area contributed by atoms with Crippen LogP contribution in [-0.2, 0) is 11.3 Å². The van der Waals surface area contributed by atoms with E-state index in [1.54, 1.807) is 0 Å². The summed E-state index contributed by atoms with van der Waals surface area (Å²) in [5.74, 6) is 0. The van der Waals surface area contributed by atoms with Crippen molar-refractivity contribution in [3.63, 3.8) is 0 Å². The molecule has 0 saturated heterocycles. The SMILES string of the molecule is Cc1cc(C)c(CNc2cccc(NC(=O)OC(C)(C)C)c2)cc1C. The minimum atomic E-state index is -0.513. The summed E-state index contributed by atoms with van der Waals surface area (Å²) in [6.45, 7) is 12.7. The molecule has 0 atom stereocenters. The van der Waals surface area contributed by atoms with Crippen LogP contribution in [0.2, 0.25) is 0 Å². The molecule has 0 aliphatic rings. The van der Waals surface area contributed by atoms with Crippen LogP contribution in [0.15, 0.2) is 36.4 Å². The zero-order valence-electron chi connectivity index (χ0n) is 16.0. The summed E-state index contributed by atoms with van der Waals surface area (Å²) in [4.78, 5) is 11.9. The van der Waals surface area contributed by atoms with E-state index in [1.807, 2.05) is 45.0 Å². The highest BCUT2D eigenvalue weighted by molar-refractivity contribution is 5.85. The highest BCUT2D eigenvalue weighted by atomic mass is 16.6. The standard InChI is InChI=1S/C21H28N2O2/c1-14-10-16(3)17(11-15(14)2)13-22-18-8-7-9-19(12-18)23-20(24)25-21(4,5)6/h7-12,22H,13H2,1-6H3,(H,23,24). The quantitative estimate of drug-likeness (QED) is 0.765. The van der Waals surface area contributed by atoms with Crippen LogP contribution in [0.3, 0.4) is 0 Å². The molecule has 0 unspecified atom stereocenters. The number of aryl methyl sites for hydroxylation is 3. The van der Waals surface area contributed by atoms with Crippen molar-refractivity contribution in [1.82, 2.24) is 0 Å². The van der Waals surface area contributed by atoms with Gasteiger partial charge in [0.15, 0.2) is 0 Å². The first kappa shape index (κ1) is 18.8. The smallest absolute Gasteiger partial charge is 0.412 e. The molecule has 0 aliphatic carbocycles. The Morgan fingerprint density at radius 3 is 2.28 bits per heavy atom. The summed E-state index contributed by atoms with van der Waals surface area (Å²) in [7, 11) is 0. The molecule has 25 heavy (non-hydrogen) atoms. The molecule has 0 heterocycles. The summed E-state index contributed by atoms with van der Waals surface area (Å²) in [6.07, 6.45) is -0.449. The summed E-state index contributed by atoms with van der Waals surface area (Å²) >= 11 is 0. The molecule has 4 nitrogen and oxygen atoms in total. The lowest BCUT2D eigenvalue weighted by atomic mass is 10.0. The van der Waals surface area contributed by atoms with E-state index in [0.717, 1.165) is 12.2 Å². The molecular weight excluding hydrogens is 312 g/mol. The average molecular weight is 340 g/mol. The second kappa shape index (κ2) is 7.60. The van der Waals surface area contributed by atoms with E-state index in [-0.39, 0.29) is 0 Å². The number of carbonyl (C=O) groups excluding carboxylic acids is 1. The van der Waals surface area contributed by atoms with Crippen LogP contribution in [0, 0.1) is 20.8 Å². The van der Waals surface area contributed by atoms with Crippen LogP contribution >= 0.6 is 0 Å². The minimum absolute atomic E-state index is 0.449. The van der Waals surface area contributed by atoms with Crippen LogP contribution in [0.4, 0.5) is 16.2 Å². The molecule has 0 spiro atoms. The molecule has 2 aromatic rings. The van der Waals surface area contributed by atoms with Crippen molar-refractivity contribution in [3.8, 4) is 0 Å². The van der Waals surface area contributed by atoms with Gasteiger partial charge in [0.25, 0.3) is 0 Å². The second-order valence-electron chi connectivity index (χ2n) is 7.42. The number of hydrogen-bond donors (Lipinski definition) is 2. The zero-order valence-corrected chi connectivity index (χ0v) is 16.0. The van der Waals surface area contributed by atoms with Crippen molar-refractivity contribution in [2.24, 2.45) is 0 Å². The Morgan fingerprint density at radius 2 is 1.60 bits per heavy atom. The predicted octanol–water partition coefficient (Wildman–Crippen LogP) is 5.57. The summed E-state index contributed by atoms with van der Waals surface area (Å²) in [5.41, 5.74) is 6.29. The van der Waals surface area contributed by atoms with Gasteiger partial charge in [-0.1, -0.05) is 18.2 Å². The third-order valence-electron chi connectivity index (χ3n) is 3.94. The number of benzene rings is 2. The largest absolute Gasteiger partial charge is 0.444 e. The second-order valence-corrected chi connectivity index (χ2v) is 7.42. The molecule has 0 fully saturated rings. The van der Waals surface area contributed by atoms with Crippen molar-refractivity contribution in [1.29, 1.82) is 0 Å². The van der Waals surface area contributed by atoms with Crippen molar-refractivity contribution in [2.45, 2.75) is 53.7 Å². The first-order valence-electron chi connectivity index (χ1n) is 8.55. The summed E-state index contributed by atoms with van der Waals surface area (Å²) < 4.78 is 5.28. The molecular formula is C21H28N2O2. The van der Waals surface area contributed by atoms with Gasteiger partial charge in [-0.15, -0.1) is 0 Å².